The van der Waals surface area contributed by atoms with Crippen LogP contribution in [0.5, 0.6) is 0 Å². The van der Waals surface area contributed by atoms with Crippen molar-refractivity contribution in [3.63, 3.8) is 0 Å². The second-order valence-electron chi connectivity index (χ2n) is 8.25. The highest BCUT2D eigenvalue weighted by atomic mass is 16.3. The Hall–Kier alpha value is -2.14. The van der Waals surface area contributed by atoms with E-state index in [0.717, 1.165) is 44.9 Å². The number of hydrogen-bond donors (Lipinski definition) is 3. The summed E-state index contributed by atoms with van der Waals surface area (Å²) in [4.78, 5) is 2.00. The molecule has 4 heteroatoms. The van der Waals surface area contributed by atoms with Gasteiger partial charge in [0.25, 0.3) is 0 Å². The molecule has 0 saturated heterocycles. The number of hydrogen-bond acceptors (Lipinski definition) is 4. The van der Waals surface area contributed by atoms with Gasteiger partial charge in [-0.2, -0.15) is 0 Å². The fourth-order valence-corrected chi connectivity index (χ4v) is 3.19. The summed E-state index contributed by atoms with van der Waals surface area (Å²) in [7, 11) is 0. The van der Waals surface area contributed by atoms with Crippen molar-refractivity contribution in [2.45, 2.75) is 77.7 Å². The van der Waals surface area contributed by atoms with Crippen molar-refractivity contribution < 1.29 is 15.3 Å². The zero-order chi connectivity index (χ0) is 25.1. The van der Waals surface area contributed by atoms with Crippen LogP contribution >= 0.6 is 0 Å². The van der Waals surface area contributed by atoms with Gasteiger partial charge in [-0.3, -0.25) is 4.90 Å². The summed E-state index contributed by atoms with van der Waals surface area (Å²) in [5.41, 5.74) is 0. The lowest BCUT2D eigenvalue weighted by Gasteiger charge is -2.24. The SMILES string of the molecule is CC/C=C\C/C=C\C/C=C\C=C(/O)CN(CCCO)CC(O)CC/C=C\C/C=C\C/C=C\CC. The first kappa shape index (κ1) is 31.9. The maximum Gasteiger partial charge on any atom is 0.106 e. The van der Waals surface area contributed by atoms with Gasteiger partial charge >= 0.3 is 0 Å². The quantitative estimate of drug-likeness (QED) is 0.0960. The summed E-state index contributed by atoms with van der Waals surface area (Å²) in [6.07, 6.45) is 34.5. The van der Waals surface area contributed by atoms with E-state index in [1.165, 1.54) is 0 Å². The summed E-state index contributed by atoms with van der Waals surface area (Å²) >= 11 is 0. The van der Waals surface area contributed by atoms with Crippen LogP contribution in [0, 0.1) is 0 Å². The summed E-state index contributed by atoms with van der Waals surface area (Å²) in [6.45, 7) is 5.84. The van der Waals surface area contributed by atoms with E-state index in [0.29, 0.717) is 32.5 Å². The third kappa shape index (κ3) is 23.0. The lowest BCUT2D eigenvalue weighted by molar-refractivity contribution is 0.100. The van der Waals surface area contributed by atoms with Crippen molar-refractivity contribution in [1.82, 2.24) is 4.90 Å². The molecule has 0 aromatic carbocycles. The van der Waals surface area contributed by atoms with Gasteiger partial charge in [0.2, 0.25) is 0 Å². The molecule has 0 radical (unpaired) electrons. The van der Waals surface area contributed by atoms with Crippen LogP contribution in [0.3, 0.4) is 0 Å². The molecule has 1 unspecified atom stereocenters. The van der Waals surface area contributed by atoms with Gasteiger partial charge in [0.1, 0.15) is 5.76 Å². The second-order valence-corrected chi connectivity index (χ2v) is 8.25. The summed E-state index contributed by atoms with van der Waals surface area (Å²) < 4.78 is 0. The molecule has 0 spiro atoms. The number of nitrogens with zero attached hydrogens (tertiary/aromatic N) is 1. The molecule has 34 heavy (non-hydrogen) atoms. The minimum absolute atomic E-state index is 0.0985. The first-order chi connectivity index (χ1) is 16.6. The van der Waals surface area contributed by atoms with Crippen molar-refractivity contribution in [3.8, 4) is 0 Å². The molecular weight excluding hydrogens is 422 g/mol. The Morgan fingerprint density at radius 1 is 0.765 bits per heavy atom. The van der Waals surface area contributed by atoms with Crippen molar-refractivity contribution >= 4 is 0 Å². The number of allylic oxidation sites excluding steroid dienone is 13. The van der Waals surface area contributed by atoms with E-state index in [1.54, 1.807) is 6.08 Å². The highest BCUT2D eigenvalue weighted by molar-refractivity contribution is 5.09. The first-order valence-electron chi connectivity index (χ1n) is 12.9. The molecule has 0 amide bonds. The monoisotopic (exact) mass is 471 g/mol. The third-order valence-corrected chi connectivity index (χ3v) is 4.97. The van der Waals surface area contributed by atoms with Crippen LogP contribution < -0.4 is 0 Å². The molecule has 1 atom stereocenters. The van der Waals surface area contributed by atoms with Crippen LogP contribution in [0.2, 0.25) is 0 Å². The number of aliphatic hydroxyl groups excluding tert-OH is 3. The Balaban J connectivity index is 4.32. The average molecular weight is 472 g/mol. The molecular formula is C30H49NO3. The number of rotatable bonds is 21. The molecule has 0 aromatic rings. The zero-order valence-electron chi connectivity index (χ0n) is 21.6. The molecule has 3 N–H and O–H groups in total. The van der Waals surface area contributed by atoms with Crippen molar-refractivity contribution in [2.75, 3.05) is 26.2 Å². The molecule has 0 bridgehead atoms. The Morgan fingerprint density at radius 3 is 1.85 bits per heavy atom. The lowest BCUT2D eigenvalue weighted by atomic mass is 10.1. The second kappa shape index (κ2) is 25.5. The van der Waals surface area contributed by atoms with Gasteiger partial charge in [0.15, 0.2) is 0 Å². The van der Waals surface area contributed by atoms with Gasteiger partial charge in [-0.05, 0) is 63.9 Å². The van der Waals surface area contributed by atoms with Gasteiger partial charge in [-0.1, -0.05) is 86.8 Å². The van der Waals surface area contributed by atoms with E-state index in [2.05, 4.69) is 74.6 Å². The van der Waals surface area contributed by atoms with E-state index in [1.807, 2.05) is 17.1 Å². The fraction of sp³-hybridized carbons (Fsp3) is 0.533. The van der Waals surface area contributed by atoms with Gasteiger partial charge in [-0.25, -0.2) is 0 Å². The topological polar surface area (TPSA) is 63.9 Å². The minimum atomic E-state index is -0.465. The molecule has 0 aliphatic carbocycles. The molecule has 192 valence electrons. The van der Waals surface area contributed by atoms with Crippen LogP contribution in [0.1, 0.15) is 71.6 Å². The lowest BCUT2D eigenvalue weighted by Crippen LogP contribution is -2.35. The summed E-state index contributed by atoms with van der Waals surface area (Å²) in [5.74, 6) is 0.261. The fourth-order valence-electron chi connectivity index (χ4n) is 3.19. The normalized spacial score (nSPS) is 14.6. The zero-order valence-corrected chi connectivity index (χ0v) is 21.6. The van der Waals surface area contributed by atoms with Crippen molar-refractivity contribution in [3.05, 3.63) is 84.7 Å². The highest BCUT2D eigenvalue weighted by Gasteiger charge is 2.12. The Labute approximate surface area is 209 Å². The smallest absolute Gasteiger partial charge is 0.106 e. The largest absolute Gasteiger partial charge is 0.511 e. The third-order valence-electron chi connectivity index (χ3n) is 4.97. The van der Waals surface area contributed by atoms with Crippen molar-refractivity contribution in [2.24, 2.45) is 0 Å². The molecule has 0 aromatic heterocycles. The van der Waals surface area contributed by atoms with Gasteiger partial charge in [0.05, 0.1) is 12.6 Å². The Bertz CT molecular complexity index is 656. The van der Waals surface area contributed by atoms with Crippen LogP contribution in [-0.4, -0.2) is 52.6 Å². The maximum atomic E-state index is 10.4. The highest BCUT2D eigenvalue weighted by Crippen LogP contribution is 2.06. The molecule has 0 rings (SSSR count). The Morgan fingerprint density at radius 2 is 1.29 bits per heavy atom. The summed E-state index contributed by atoms with van der Waals surface area (Å²) in [6, 6.07) is 0. The molecule has 0 saturated carbocycles. The predicted octanol–water partition coefficient (Wildman–Crippen LogP) is 6.97. The first-order valence-corrected chi connectivity index (χ1v) is 12.9. The van der Waals surface area contributed by atoms with E-state index >= 15 is 0 Å². The van der Waals surface area contributed by atoms with Crippen LogP contribution in [-0.2, 0) is 0 Å². The number of aliphatic hydroxyl groups is 3. The summed E-state index contributed by atoms with van der Waals surface area (Å²) in [5, 5.41) is 29.9. The molecule has 4 nitrogen and oxygen atoms in total. The average Bonchev–Trinajstić information content (AvgIpc) is 2.82. The van der Waals surface area contributed by atoms with Crippen LogP contribution in [0.4, 0.5) is 0 Å². The van der Waals surface area contributed by atoms with Crippen molar-refractivity contribution in [1.29, 1.82) is 0 Å². The predicted molar refractivity (Wildman–Crippen MR) is 148 cm³/mol. The van der Waals surface area contributed by atoms with Gasteiger partial charge in [-0.15, -0.1) is 0 Å². The van der Waals surface area contributed by atoms with Crippen LogP contribution in [0.15, 0.2) is 84.7 Å². The maximum absolute atomic E-state index is 10.4. The van der Waals surface area contributed by atoms with E-state index in [9.17, 15) is 15.3 Å². The van der Waals surface area contributed by atoms with E-state index in [-0.39, 0.29) is 12.4 Å². The van der Waals surface area contributed by atoms with Gasteiger partial charge in [0, 0.05) is 19.7 Å². The van der Waals surface area contributed by atoms with E-state index < -0.39 is 6.10 Å². The molecule has 0 aliphatic heterocycles. The minimum Gasteiger partial charge on any atom is -0.511 e. The Kier molecular flexibility index (Phi) is 23.9. The molecule has 0 heterocycles. The van der Waals surface area contributed by atoms with Gasteiger partial charge < -0.3 is 15.3 Å². The molecule has 0 fully saturated rings. The van der Waals surface area contributed by atoms with E-state index in [4.69, 9.17) is 0 Å². The standard InChI is InChI=1S/C30H49NO3/c1-3-5-7-9-11-13-15-17-19-21-24-30(34)28-31(25-22-26-32)27-29(33)23-20-18-16-14-12-10-8-6-4-2/h5-8,11-14,17-20,23,30,32-34H,3-4,9-10,15-16,21-22,24-28H2,1-2H3/b7-5-,8-6-,13-11-,14-12-,19-17-,20-18-,29-23-. The molecule has 0 aliphatic rings. The van der Waals surface area contributed by atoms with Crippen LogP contribution in [0.25, 0.3) is 0 Å².